The van der Waals surface area contributed by atoms with Crippen LogP contribution in [0.3, 0.4) is 0 Å². The summed E-state index contributed by atoms with van der Waals surface area (Å²) in [5.74, 6) is -1.72. The molecule has 25 heavy (non-hydrogen) atoms. The summed E-state index contributed by atoms with van der Waals surface area (Å²) in [6.07, 6.45) is 0.726. The van der Waals surface area contributed by atoms with Crippen molar-refractivity contribution in [3.63, 3.8) is 0 Å². The van der Waals surface area contributed by atoms with Crippen LogP contribution in [-0.2, 0) is 19.7 Å². The molecule has 0 saturated carbocycles. The van der Waals surface area contributed by atoms with E-state index in [1.165, 1.54) is 0 Å². The molecule has 2 N–H and O–H groups in total. The Labute approximate surface area is 145 Å². The highest BCUT2D eigenvalue weighted by Crippen LogP contribution is 2.55. The van der Waals surface area contributed by atoms with Gasteiger partial charge < -0.3 is 10.1 Å². The summed E-state index contributed by atoms with van der Waals surface area (Å²) in [6, 6.07) is 9.07. The number of rotatable bonds is 0. The van der Waals surface area contributed by atoms with Crippen molar-refractivity contribution in [2.75, 3.05) is 5.32 Å². The number of nitriles is 1. The summed E-state index contributed by atoms with van der Waals surface area (Å²) in [5, 5.41) is 20.7. The Morgan fingerprint density at radius 1 is 1.28 bits per heavy atom. The number of ether oxygens (including phenoxy) is 1. The maximum atomic E-state index is 13.1. The van der Waals surface area contributed by atoms with Gasteiger partial charge in [-0.25, -0.2) is 0 Å². The van der Waals surface area contributed by atoms with Crippen LogP contribution in [0.25, 0.3) is 0 Å². The molecule has 4 rings (SSSR count). The normalized spacial score (nSPS) is 29.6. The van der Waals surface area contributed by atoms with E-state index in [2.05, 4.69) is 5.32 Å². The van der Waals surface area contributed by atoms with Gasteiger partial charge in [0.25, 0.3) is 0 Å². The first-order chi connectivity index (χ1) is 11.8. The van der Waals surface area contributed by atoms with Gasteiger partial charge in [0.1, 0.15) is 17.1 Å². The highest BCUT2D eigenvalue weighted by atomic mass is 16.5. The van der Waals surface area contributed by atoms with E-state index in [1.807, 2.05) is 19.9 Å². The van der Waals surface area contributed by atoms with E-state index in [9.17, 15) is 14.9 Å². The number of hydrogen-bond donors (Lipinski definition) is 2. The summed E-state index contributed by atoms with van der Waals surface area (Å²) in [4.78, 5) is 26.1. The van der Waals surface area contributed by atoms with Crippen molar-refractivity contribution < 1.29 is 14.3 Å². The van der Waals surface area contributed by atoms with Gasteiger partial charge in [0, 0.05) is 18.5 Å². The number of carbonyl (C=O) groups excluding carboxylic acids is 2. The average Bonchev–Trinajstić information content (AvgIpc) is 2.79. The lowest BCUT2D eigenvalue weighted by Crippen LogP contribution is -2.53. The van der Waals surface area contributed by atoms with Crippen molar-refractivity contribution in [3.05, 3.63) is 41.2 Å². The minimum absolute atomic E-state index is 0.189. The number of benzene rings is 1. The van der Waals surface area contributed by atoms with Gasteiger partial charge in [-0.15, -0.1) is 0 Å². The van der Waals surface area contributed by atoms with Crippen LogP contribution in [0.4, 0.5) is 5.69 Å². The Balaban J connectivity index is 2.08. The molecule has 1 aromatic rings. The molecule has 0 saturated heterocycles. The van der Waals surface area contributed by atoms with E-state index in [-0.39, 0.29) is 29.1 Å². The van der Waals surface area contributed by atoms with Crippen molar-refractivity contribution in [2.45, 2.75) is 32.1 Å². The van der Waals surface area contributed by atoms with Gasteiger partial charge in [-0.2, -0.15) is 5.26 Å². The molecule has 0 radical (unpaired) electrons. The summed E-state index contributed by atoms with van der Waals surface area (Å²) < 4.78 is 5.59. The van der Waals surface area contributed by atoms with Crippen molar-refractivity contribution in [2.24, 2.45) is 11.3 Å². The maximum absolute atomic E-state index is 13.1. The Kier molecular flexibility index (Phi) is 2.99. The molecule has 0 fully saturated rings. The molecule has 3 aliphatic rings. The third kappa shape index (κ3) is 1.86. The molecular formula is C19H17N3O3. The molecule has 1 aromatic carbocycles. The SMILES string of the molecule is CC1(C)CC(=O)C2=C(C1)OC(=N)C(C#N)C21C(=O)Nc2ccccc21. The second-order valence-corrected chi connectivity index (χ2v) is 7.58. The number of nitrogens with zero attached hydrogens (tertiary/aromatic N) is 1. The van der Waals surface area contributed by atoms with E-state index in [1.54, 1.807) is 24.3 Å². The fourth-order valence-electron chi connectivity index (χ4n) is 4.29. The van der Waals surface area contributed by atoms with Crippen LogP contribution in [-0.4, -0.2) is 17.6 Å². The molecule has 2 aliphatic heterocycles. The first-order valence-corrected chi connectivity index (χ1v) is 8.15. The Morgan fingerprint density at radius 2 is 2.00 bits per heavy atom. The number of amides is 1. The molecule has 6 heteroatoms. The van der Waals surface area contributed by atoms with Crippen LogP contribution in [0.2, 0.25) is 0 Å². The minimum atomic E-state index is -1.50. The third-order valence-corrected chi connectivity index (χ3v) is 5.25. The molecule has 2 atom stereocenters. The van der Waals surface area contributed by atoms with E-state index >= 15 is 0 Å². The van der Waals surface area contributed by atoms with E-state index in [0.29, 0.717) is 23.4 Å². The average molecular weight is 335 g/mol. The first kappa shape index (κ1) is 15.6. The van der Waals surface area contributed by atoms with Gasteiger partial charge in [-0.05, 0) is 17.0 Å². The number of fused-ring (bicyclic) bond motifs is 3. The monoisotopic (exact) mass is 335 g/mol. The molecule has 0 bridgehead atoms. The number of nitrogens with one attached hydrogen (secondary N) is 2. The van der Waals surface area contributed by atoms with Crippen LogP contribution in [0.5, 0.6) is 0 Å². The number of ketones is 1. The third-order valence-electron chi connectivity index (χ3n) is 5.25. The van der Waals surface area contributed by atoms with Crippen LogP contribution in [0, 0.1) is 28.1 Å². The Bertz CT molecular complexity index is 922. The van der Waals surface area contributed by atoms with Crippen LogP contribution < -0.4 is 5.32 Å². The predicted molar refractivity (Wildman–Crippen MR) is 89.7 cm³/mol. The highest BCUT2D eigenvalue weighted by molar-refractivity contribution is 6.19. The first-order valence-electron chi connectivity index (χ1n) is 8.15. The zero-order valence-corrected chi connectivity index (χ0v) is 14.0. The van der Waals surface area contributed by atoms with Gasteiger partial charge >= 0.3 is 0 Å². The van der Waals surface area contributed by atoms with Gasteiger partial charge in [-0.3, -0.25) is 15.0 Å². The fourth-order valence-corrected chi connectivity index (χ4v) is 4.29. The van der Waals surface area contributed by atoms with Gasteiger partial charge in [-0.1, -0.05) is 32.0 Å². The molecular weight excluding hydrogens is 318 g/mol. The summed E-state index contributed by atoms with van der Waals surface area (Å²) in [5.41, 5.74) is -0.418. The molecule has 1 spiro atoms. The van der Waals surface area contributed by atoms with Crippen LogP contribution in [0.15, 0.2) is 35.6 Å². The number of Topliss-reactive ketones (excluding diaryl/α,β-unsaturated/α-hetero) is 1. The van der Waals surface area contributed by atoms with Gasteiger partial charge in [0.2, 0.25) is 11.8 Å². The van der Waals surface area contributed by atoms with Gasteiger partial charge in [0.05, 0.1) is 11.6 Å². The zero-order valence-electron chi connectivity index (χ0n) is 14.0. The highest BCUT2D eigenvalue weighted by Gasteiger charge is 2.63. The summed E-state index contributed by atoms with van der Waals surface area (Å²) in [7, 11) is 0. The number of anilines is 1. The molecule has 1 amide bonds. The zero-order chi connectivity index (χ0) is 18.0. The van der Waals surface area contributed by atoms with Crippen molar-refractivity contribution in [3.8, 4) is 6.07 Å². The minimum Gasteiger partial charge on any atom is -0.446 e. The van der Waals surface area contributed by atoms with E-state index in [0.717, 1.165) is 0 Å². The number of hydrogen-bond acceptors (Lipinski definition) is 5. The van der Waals surface area contributed by atoms with Gasteiger partial charge in [0.15, 0.2) is 5.78 Å². The number of allylic oxidation sites excluding steroid dienone is 1. The topological polar surface area (TPSA) is 103 Å². The lowest BCUT2D eigenvalue weighted by Gasteiger charge is -2.43. The smallest absolute Gasteiger partial charge is 0.241 e. The molecule has 0 aromatic heterocycles. The Hall–Kier alpha value is -2.94. The van der Waals surface area contributed by atoms with Crippen molar-refractivity contribution >= 4 is 23.3 Å². The number of carbonyl (C=O) groups is 2. The quantitative estimate of drug-likeness (QED) is 0.760. The van der Waals surface area contributed by atoms with Crippen LogP contribution in [0.1, 0.15) is 32.3 Å². The lowest BCUT2D eigenvalue weighted by atomic mass is 9.59. The predicted octanol–water partition coefficient (Wildman–Crippen LogP) is 2.67. The molecule has 2 heterocycles. The van der Waals surface area contributed by atoms with Crippen molar-refractivity contribution in [1.29, 1.82) is 10.7 Å². The van der Waals surface area contributed by atoms with E-state index < -0.39 is 17.2 Å². The largest absolute Gasteiger partial charge is 0.446 e. The molecule has 6 nitrogen and oxygen atoms in total. The Morgan fingerprint density at radius 3 is 2.72 bits per heavy atom. The summed E-state index contributed by atoms with van der Waals surface area (Å²) in [6.45, 7) is 3.90. The second kappa shape index (κ2) is 4.79. The lowest BCUT2D eigenvalue weighted by molar-refractivity contribution is -0.126. The van der Waals surface area contributed by atoms with E-state index in [4.69, 9.17) is 10.1 Å². The molecule has 1 aliphatic carbocycles. The fraction of sp³-hybridized carbons (Fsp3) is 0.368. The standard InChI is InChI=1S/C19H17N3O3/c1-18(2)7-13(23)15-14(8-18)25-16(21)11(9-20)19(15)10-5-3-4-6-12(10)22-17(19)24/h3-6,11,21H,7-8H2,1-2H3,(H,22,24). The van der Waals surface area contributed by atoms with Crippen molar-refractivity contribution in [1.82, 2.24) is 0 Å². The van der Waals surface area contributed by atoms with Crippen LogP contribution >= 0.6 is 0 Å². The number of para-hydroxylation sites is 1. The maximum Gasteiger partial charge on any atom is 0.241 e. The molecule has 2 unspecified atom stereocenters. The summed E-state index contributed by atoms with van der Waals surface area (Å²) >= 11 is 0. The molecule has 126 valence electrons. The second-order valence-electron chi connectivity index (χ2n) is 7.58.